The SMILES string of the molecule is CCCn1c(SCc2cn3ccccc3n2)nnc1C1CC1. The molecule has 0 saturated heterocycles. The van der Waals surface area contributed by atoms with Crippen molar-refractivity contribution in [2.75, 3.05) is 0 Å². The lowest BCUT2D eigenvalue weighted by Crippen LogP contribution is -2.04. The van der Waals surface area contributed by atoms with Gasteiger partial charge in [-0.05, 0) is 31.4 Å². The topological polar surface area (TPSA) is 48.0 Å². The number of aromatic nitrogens is 5. The van der Waals surface area contributed by atoms with Crippen molar-refractivity contribution in [1.29, 1.82) is 0 Å². The highest BCUT2D eigenvalue weighted by Crippen LogP contribution is 2.40. The van der Waals surface area contributed by atoms with Crippen molar-refractivity contribution in [3.63, 3.8) is 0 Å². The highest BCUT2D eigenvalue weighted by molar-refractivity contribution is 7.98. The predicted molar refractivity (Wildman–Crippen MR) is 87.0 cm³/mol. The Morgan fingerprint density at radius 2 is 2.18 bits per heavy atom. The van der Waals surface area contributed by atoms with Crippen molar-refractivity contribution in [3.05, 3.63) is 42.1 Å². The lowest BCUT2D eigenvalue weighted by atomic mass is 10.4. The molecular formula is C16H19N5S. The number of hydrogen-bond acceptors (Lipinski definition) is 4. The van der Waals surface area contributed by atoms with Gasteiger partial charge in [0.25, 0.3) is 0 Å². The average Bonchev–Trinajstić information content (AvgIpc) is 3.17. The van der Waals surface area contributed by atoms with Crippen LogP contribution in [-0.4, -0.2) is 24.1 Å². The number of nitrogens with zero attached hydrogens (tertiary/aromatic N) is 5. The van der Waals surface area contributed by atoms with Gasteiger partial charge in [0.2, 0.25) is 0 Å². The first-order valence-electron chi connectivity index (χ1n) is 7.83. The van der Waals surface area contributed by atoms with Crippen molar-refractivity contribution < 1.29 is 0 Å². The van der Waals surface area contributed by atoms with E-state index in [1.807, 2.05) is 24.4 Å². The Balaban J connectivity index is 1.53. The minimum Gasteiger partial charge on any atom is -0.307 e. The first-order valence-corrected chi connectivity index (χ1v) is 8.82. The van der Waals surface area contributed by atoms with Crippen LogP contribution in [0.1, 0.15) is 43.6 Å². The molecule has 0 aromatic carbocycles. The third kappa shape index (κ3) is 2.63. The van der Waals surface area contributed by atoms with Gasteiger partial charge in [0, 0.05) is 30.6 Å². The van der Waals surface area contributed by atoms with Crippen LogP contribution in [0.3, 0.4) is 0 Å². The Morgan fingerprint density at radius 3 is 2.95 bits per heavy atom. The number of thioether (sulfide) groups is 1. The van der Waals surface area contributed by atoms with Crippen LogP contribution in [0.2, 0.25) is 0 Å². The summed E-state index contributed by atoms with van der Waals surface area (Å²) in [5.41, 5.74) is 2.07. The first kappa shape index (κ1) is 13.8. The van der Waals surface area contributed by atoms with Crippen LogP contribution in [0.15, 0.2) is 35.7 Å². The molecule has 0 aliphatic heterocycles. The number of fused-ring (bicyclic) bond motifs is 1. The largest absolute Gasteiger partial charge is 0.307 e. The molecule has 1 aliphatic carbocycles. The highest BCUT2D eigenvalue weighted by atomic mass is 32.2. The predicted octanol–water partition coefficient (Wildman–Crippen LogP) is 3.51. The summed E-state index contributed by atoms with van der Waals surface area (Å²) in [6.07, 6.45) is 7.75. The lowest BCUT2D eigenvalue weighted by molar-refractivity contribution is 0.592. The van der Waals surface area contributed by atoms with Crippen LogP contribution in [0.5, 0.6) is 0 Å². The molecular weight excluding hydrogens is 294 g/mol. The zero-order chi connectivity index (χ0) is 14.9. The Morgan fingerprint density at radius 1 is 1.27 bits per heavy atom. The third-order valence-electron chi connectivity index (χ3n) is 3.90. The Kier molecular flexibility index (Phi) is 3.62. The Hall–Kier alpha value is -1.82. The molecule has 0 bridgehead atoms. The fourth-order valence-corrected chi connectivity index (χ4v) is 3.53. The summed E-state index contributed by atoms with van der Waals surface area (Å²) < 4.78 is 4.36. The molecule has 0 amide bonds. The second kappa shape index (κ2) is 5.76. The smallest absolute Gasteiger partial charge is 0.191 e. The van der Waals surface area contributed by atoms with Crippen molar-refractivity contribution in [3.8, 4) is 0 Å². The van der Waals surface area contributed by atoms with E-state index in [0.29, 0.717) is 5.92 Å². The van der Waals surface area contributed by atoms with Crippen LogP contribution in [0, 0.1) is 0 Å². The van der Waals surface area contributed by atoms with Crippen LogP contribution < -0.4 is 0 Å². The first-order chi connectivity index (χ1) is 10.8. The molecule has 1 saturated carbocycles. The second-order valence-electron chi connectivity index (χ2n) is 5.75. The number of imidazole rings is 1. The van der Waals surface area contributed by atoms with Gasteiger partial charge in [-0.25, -0.2) is 4.98 Å². The van der Waals surface area contributed by atoms with Crippen LogP contribution in [0.25, 0.3) is 5.65 Å². The summed E-state index contributed by atoms with van der Waals surface area (Å²) in [5, 5.41) is 9.85. The molecule has 3 heterocycles. The van der Waals surface area contributed by atoms with Crippen molar-refractivity contribution >= 4 is 17.4 Å². The third-order valence-corrected chi connectivity index (χ3v) is 4.90. The normalized spacial score (nSPS) is 14.8. The fraction of sp³-hybridized carbons (Fsp3) is 0.438. The van der Waals surface area contributed by atoms with Gasteiger partial charge in [-0.1, -0.05) is 24.8 Å². The standard InChI is InChI=1S/C16H19N5S/c1-2-8-21-15(12-6-7-12)18-19-16(21)22-11-13-10-20-9-4-3-5-14(20)17-13/h3-5,9-10,12H,2,6-8,11H2,1H3. The van der Waals surface area contributed by atoms with E-state index in [-0.39, 0.29) is 0 Å². The minimum atomic E-state index is 0.642. The van der Waals surface area contributed by atoms with E-state index >= 15 is 0 Å². The van der Waals surface area contributed by atoms with Gasteiger partial charge in [0.05, 0.1) is 5.69 Å². The van der Waals surface area contributed by atoms with E-state index in [4.69, 9.17) is 0 Å². The Labute approximate surface area is 133 Å². The van der Waals surface area contributed by atoms with Crippen LogP contribution in [0.4, 0.5) is 0 Å². The minimum absolute atomic E-state index is 0.642. The molecule has 0 radical (unpaired) electrons. The highest BCUT2D eigenvalue weighted by Gasteiger charge is 2.30. The Bertz CT molecular complexity index is 754. The maximum absolute atomic E-state index is 4.64. The molecule has 1 fully saturated rings. The molecule has 0 spiro atoms. The number of hydrogen-bond donors (Lipinski definition) is 0. The van der Waals surface area contributed by atoms with Gasteiger partial charge in [0.1, 0.15) is 11.5 Å². The van der Waals surface area contributed by atoms with E-state index in [9.17, 15) is 0 Å². The molecule has 3 aromatic heterocycles. The molecule has 0 N–H and O–H groups in total. The molecule has 4 rings (SSSR count). The van der Waals surface area contributed by atoms with Gasteiger partial charge in [-0.2, -0.15) is 0 Å². The van der Waals surface area contributed by atoms with Gasteiger partial charge in [0.15, 0.2) is 5.16 Å². The second-order valence-corrected chi connectivity index (χ2v) is 6.70. The number of rotatable bonds is 6. The summed E-state index contributed by atoms with van der Waals surface area (Å²) >= 11 is 1.73. The summed E-state index contributed by atoms with van der Waals surface area (Å²) in [4.78, 5) is 4.64. The summed E-state index contributed by atoms with van der Waals surface area (Å²) in [5.74, 6) is 2.65. The molecule has 0 atom stereocenters. The van der Waals surface area contributed by atoms with Gasteiger partial charge >= 0.3 is 0 Å². The molecule has 3 aromatic rings. The molecule has 6 heteroatoms. The van der Waals surface area contributed by atoms with E-state index in [0.717, 1.165) is 35.2 Å². The van der Waals surface area contributed by atoms with Gasteiger partial charge in [-0.15, -0.1) is 10.2 Å². The molecule has 5 nitrogen and oxygen atoms in total. The van der Waals surface area contributed by atoms with Gasteiger partial charge < -0.3 is 8.97 Å². The summed E-state index contributed by atoms with van der Waals surface area (Å²) in [6, 6.07) is 6.06. The van der Waals surface area contributed by atoms with Gasteiger partial charge in [-0.3, -0.25) is 0 Å². The maximum atomic E-state index is 4.64. The maximum Gasteiger partial charge on any atom is 0.191 e. The van der Waals surface area contributed by atoms with E-state index in [1.165, 1.54) is 18.7 Å². The molecule has 1 aliphatic rings. The van der Waals surface area contributed by atoms with Crippen molar-refractivity contribution in [1.82, 2.24) is 24.1 Å². The monoisotopic (exact) mass is 313 g/mol. The van der Waals surface area contributed by atoms with Crippen molar-refractivity contribution in [2.24, 2.45) is 0 Å². The quantitative estimate of drug-likeness (QED) is 0.653. The number of pyridine rings is 1. The lowest BCUT2D eigenvalue weighted by Gasteiger charge is -2.07. The van der Waals surface area contributed by atoms with E-state index < -0.39 is 0 Å². The molecule has 0 unspecified atom stereocenters. The zero-order valence-electron chi connectivity index (χ0n) is 12.6. The van der Waals surface area contributed by atoms with E-state index in [1.54, 1.807) is 11.8 Å². The fourth-order valence-electron chi connectivity index (χ4n) is 2.68. The summed E-state index contributed by atoms with van der Waals surface area (Å²) in [6.45, 7) is 3.21. The zero-order valence-corrected chi connectivity index (χ0v) is 13.5. The van der Waals surface area contributed by atoms with Crippen molar-refractivity contribution in [2.45, 2.75) is 49.6 Å². The average molecular weight is 313 g/mol. The molecule has 22 heavy (non-hydrogen) atoms. The molecule has 114 valence electrons. The van der Waals surface area contributed by atoms with E-state index in [2.05, 4.69) is 37.3 Å². The van der Waals surface area contributed by atoms with Crippen LogP contribution >= 0.6 is 11.8 Å². The van der Waals surface area contributed by atoms with Crippen LogP contribution in [-0.2, 0) is 12.3 Å². The summed E-state index contributed by atoms with van der Waals surface area (Å²) in [7, 11) is 0.